The second-order valence-electron chi connectivity index (χ2n) is 5.41. The SMILES string of the molecule is Cc1nc(Nc2cc(C)on2)cc(C(=O)NCc2ccccc2Cl)n1. The van der Waals surface area contributed by atoms with E-state index in [1.807, 2.05) is 18.2 Å². The van der Waals surface area contributed by atoms with Gasteiger partial charge in [-0.05, 0) is 25.5 Å². The summed E-state index contributed by atoms with van der Waals surface area (Å²) in [6.45, 7) is 3.81. The number of hydrogen-bond donors (Lipinski definition) is 2. The van der Waals surface area contributed by atoms with Crippen molar-refractivity contribution in [1.82, 2.24) is 20.4 Å². The van der Waals surface area contributed by atoms with Gasteiger partial charge >= 0.3 is 0 Å². The molecule has 2 aromatic heterocycles. The van der Waals surface area contributed by atoms with Crippen LogP contribution in [0.3, 0.4) is 0 Å². The summed E-state index contributed by atoms with van der Waals surface area (Å²) in [4.78, 5) is 20.8. The topological polar surface area (TPSA) is 92.9 Å². The number of aryl methyl sites for hydroxylation is 2. The minimum atomic E-state index is -0.315. The monoisotopic (exact) mass is 357 g/mol. The Kier molecular flexibility index (Phi) is 4.95. The average molecular weight is 358 g/mol. The Morgan fingerprint density at radius 3 is 2.68 bits per heavy atom. The minimum absolute atomic E-state index is 0.252. The third kappa shape index (κ3) is 4.33. The van der Waals surface area contributed by atoms with Crippen molar-refractivity contribution in [1.29, 1.82) is 0 Å². The predicted octanol–water partition coefficient (Wildman–Crippen LogP) is 3.41. The number of nitrogens with zero attached hydrogens (tertiary/aromatic N) is 3. The third-order valence-corrected chi connectivity index (χ3v) is 3.72. The summed E-state index contributed by atoms with van der Waals surface area (Å²) in [5.74, 6) is 1.80. The van der Waals surface area contributed by atoms with Crippen molar-refractivity contribution in [3.05, 3.63) is 64.3 Å². The quantitative estimate of drug-likeness (QED) is 0.726. The van der Waals surface area contributed by atoms with Crippen LogP contribution in [0.25, 0.3) is 0 Å². The van der Waals surface area contributed by atoms with Crippen molar-refractivity contribution in [3.8, 4) is 0 Å². The van der Waals surface area contributed by atoms with Gasteiger partial charge in [0.15, 0.2) is 5.82 Å². The molecule has 0 aliphatic rings. The summed E-state index contributed by atoms with van der Waals surface area (Å²) >= 11 is 6.09. The van der Waals surface area contributed by atoms with Crippen LogP contribution in [-0.4, -0.2) is 21.0 Å². The van der Waals surface area contributed by atoms with Crippen LogP contribution in [-0.2, 0) is 6.54 Å². The highest BCUT2D eigenvalue weighted by atomic mass is 35.5. The van der Waals surface area contributed by atoms with Crippen molar-refractivity contribution in [2.45, 2.75) is 20.4 Å². The van der Waals surface area contributed by atoms with E-state index >= 15 is 0 Å². The summed E-state index contributed by atoms with van der Waals surface area (Å²) in [5.41, 5.74) is 1.09. The smallest absolute Gasteiger partial charge is 0.270 e. The van der Waals surface area contributed by atoms with Crippen LogP contribution >= 0.6 is 11.6 Å². The molecule has 0 atom stereocenters. The van der Waals surface area contributed by atoms with E-state index in [0.29, 0.717) is 34.8 Å². The Balaban J connectivity index is 1.72. The molecule has 0 fully saturated rings. The van der Waals surface area contributed by atoms with Crippen LogP contribution < -0.4 is 10.6 Å². The molecule has 3 rings (SSSR count). The lowest BCUT2D eigenvalue weighted by molar-refractivity contribution is 0.0945. The predicted molar refractivity (Wildman–Crippen MR) is 93.9 cm³/mol. The van der Waals surface area contributed by atoms with E-state index in [1.165, 1.54) is 0 Å². The van der Waals surface area contributed by atoms with Gasteiger partial charge in [0.05, 0.1) is 0 Å². The lowest BCUT2D eigenvalue weighted by atomic mass is 10.2. The lowest BCUT2D eigenvalue weighted by Crippen LogP contribution is -2.24. The summed E-state index contributed by atoms with van der Waals surface area (Å²) in [6.07, 6.45) is 0. The molecule has 0 radical (unpaired) electrons. The van der Waals surface area contributed by atoms with Gasteiger partial charge in [-0.1, -0.05) is 35.0 Å². The van der Waals surface area contributed by atoms with Crippen LogP contribution in [0.4, 0.5) is 11.6 Å². The molecule has 8 heteroatoms. The highest BCUT2D eigenvalue weighted by molar-refractivity contribution is 6.31. The van der Waals surface area contributed by atoms with E-state index in [1.54, 1.807) is 32.0 Å². The highest BCUT2D eigenvalue weighted by Crippen LogP contribution is 2.16. The van der Waals surface area contributed by atoms with Gasteiger partial charge in [-0.2, -0.15) is 0 Å². The first-order valence-electron chi connectivity index (χ1n) is 7.59. The number of aromatic nitrogens is 3. The molecule has 0 aliphatic carbocycles. The zero-order valence-corrected chi connectivity index (χ0v) is 14.5. The zero-order chi connectivity index (χ0) is 17.8. The minimum Gasteiger partial charge on any atom is -0.360 e. The molecule has 0 unspecified atom stereocenters. The Hall–Kier alpha value is -2.93. The second kappa shape index (κ2) is 7.31. The number of rotatable bonds is 5. The summed E-state index contributed by atoms with van der Waals surface area (Å²) in [6, 6.07) is 10.6. The molecule has 0 spiro atoms. The first-order valence-corrected chi connectivity index (χ1v) is 7.96. The van der Waals surface area contributed by atoms with Gasteiger partial charge in [-0.3, -0.25) is 4.79 Å². The molecule has 7 nitrogen and oxygen atoms in total. The molecule has 0 saturated carbocycles. The summed E-state index contributed by atoms with van der Waals surface area (Å²) in [5, 5.41) is 10.2. The average Bonchev–Trinajstić information content (AvgIpc) is 2.98. The van der Waals surface area contributed by atoms with E-state index in [9.17, 15) is 4.79 Å². The van der Waals surface area contributed by atoms with Gasteiger partial charge in [0.2, 0.25) is 0 Å². The molecule has 0 saturated heterocycles. The molecule has 0 bridgehead atoms. The Morgan fingerprint density at radius 1 is 1.16 bits per heavy atom. The van der Waals surface area contributed by atoms with Crippen LogP contribution in [0.15, 0.2) is 40.9 Å². The fraction of sp³-hybridized carbons (Fsp3) is 0.176. The first kappa shape index (κ1) is 16.9. The van der Waals surface area contributed by atoms with E-state index in [0.717, 1.165) is 5.56 Å². The summed E-state index contributed by atoms with van der Waals surface area (Å²) < 4.78 is 5.00. The molecular weight excluding hydrogens is 342 g/mol. The largest absolute Gasteiger partial charge is 0.360 e. The van der Waals surface area contributed by atoms with Crippen molar-refractivity contribution in [2.24, 2.45) is 0 Å². The van der Waals surface area contributed by atoms with E-state index in [-0.39, 0.29) is 11.6 Å². The number of halogens is 1. The normalized spacial score (nSPS) is 10.5. The number of carbonyl (C=O) groups is 1. The van der Waals surface area contributed by atoms with Gasteiger partial charge in [0, 0.05) is 23.7 Å². The van der Waals surface area contributed by atoms with E-state index in [2.05, 4.69) is 25.8 Å². The van der Waals surface area contributed by atoms with Gasteiger partial charge in [0.25, 0.3) is 5.91 Å². The van der Waals surface area contributed by atoms with Gasteiger partial charge in [-0.15, -0.1) is 0 Å². The number of anilines is 2. The second-order valence-corrected chi connectivity index (χ2v) is 5.81. The lowest BCUT2D eigenvalue weighted by Gasteiger charge is -2.08. The maximum atomic E-state index is 12.4. The molecule has 25 heavy (non-hydrogen) atoms. The van der Waals surface area contributed by atoms with Crippen LogP contribution in [0.2, 0.25) is 5.02 Å². The summed E-state index contributed by atoms with van der Waals surface area (Å²) in [7, 11) is 0. The van der Waals surface area contributed by atoms with Gasteiger partial charge in [-0.25, -0.2) is 9.97 Å². The number of nitrogens with one attached hydrogen (secondary N) is 2. The molecule has 2 N–H and O–H groups in total. The van der Waals surface area contributed by atoms with Gasteiger partial charge in [0.1, 0.15) is 23.1 Å². The van der Waals surface area contributed by atoms with Crippen molar-refractivity contribution < 1.29 is 9.32 Å². The third-order valence-electron chi connectivity index (χ3n) is 3.35. The molecule has 1 aromatic carbocycles. The van der Waals surface area contributed by atoms with Crippen LogP contribution in [0, 0.1) is 13.8 Å². The first-order chi connectivity index (χ1) is 12.0. The van der Waals surface area contributed by atoms with Crippen molar-refractivity contribution in [2.75, 3.05) is 5.32 Å². The number of benzene rings is 1. The van der Waals surface area contributed by atoms with E-state index < -0.39 is 0 Å². The van der Waals surface area contributed by atoms with Crippen LogP contribution in [0.5, 0.6) is 0 Å². The number of carbonyl (C=O) groups excluding carboxylic acids is 1. The van der Waals surface area contributed by atoms with Crippen molar-refractivity contribution >= 4 is 29.1 Å². The molecular formula is C17H16ClN5O2. The molecule has 0 aliphatic heterocycles. The standard InChI is InChI=1S/C17H16ClN5O2/c1-10-7-16(23-25-10)22-15-8-14(20-11(2)21-15)17(24)19-9-12-5-3-4-6-13(12)18/h3-8H,9H2,1-2H3,(H,19,24)(H,20,21,22,23). The fourth-order valence-corrected chi connectivity index (χ4v) is 2.41. The molecule has 1 amide bonds. The van der Waals surface area contributed by atoms with E-state index in [4.69, 9.17) is 16.1 Å². The Labute approximate surface area is 149 Å². The molecule has 2 heterocycles. The van der Waals surface area contributed by atoms with Crippen molar-refractivity contribution in [3.63, 3.8) is 0 Å². The zero-order valence-electron chi connectivity index (χ0n) is 13.7. The molecule has 128 valence electrons. The fourth-order valence-electron chi connectivity index (χ4n) is 2.21. The molecule has 3 aromatic rings. The van der Waals surface area contributed by atoms with Gasteiger partial charge < -0.3 is 15.2 Å². The maximum Gasteiger partial charge on any atom is 0.270 e. The number of hydrogen-bond acceptors (Lipinski definition) is 6. The number of amides is 1. The highest BCUT2D eigenvalue weighted by Gasteiger charge is 2.12. The Morgan fingerprint density at radius 2 is 1.96 bits per heavy atom. The Bertz CT molecular complexity index is 910. The van der Waals surface area contributed by atoms with Crippen LogP contribution in [0.1, 0.15) is 27.6 Å². The maximum absolute atomic E-state index is 12.4.